The molecule has 1 saturated heterocycles. The number of aliphatic hydroxyl groups is 1. The van der Waals surface area contributed by atoms with Gasteiger partial charge in [-0.3, -0.25) is 0 Å². The van der Waals surface area contributed by atoms with Crippen molar-refractivity contribution in [1.82, 2.24) is 10.2 Å². The normalized spacial score (nSPS) is 26.9. The van der Waals surface area contributed by atoms with Crippen molar-refractivity contribution in [1.29, 1.82) is 0 Å². The molecule has 5 nitrogen and oxygen atoms in total. The summed E-state index contributed by atoms with van der Waals surface area (Å²) in [7, 11) is 1.52. The smallest absolute Gasteiger partial charge is 0.380 e. The number of halogens is 3. The van der Waals surface area contributed by atoms with Crippen molar-refractivity contribution in [2.45, 2.75) is 57.0 Å². The molecule has 0 aromatic rings. The number of methoxy groups -OCH3 is 1. The Morgan fingerprint density at radius 1 is 1.33 bits per heavy atom. The zero-order valence-corrected chi connectivity index (χ0v) is 12.5. The van der Waals surface area contributed by atoms with Gasteiger partial charge >= 0.3 is 12.2 Å². The number of likely N-dealkylation sites (tertiary alicyclic amines) is 1. The number of ether oxygens (including phenoxy) is 1. The standard InChI is InChI=1S/C13H23F3N2O3/c1-9(10(2)21-3)17-11(19)18-7-4-5-12(20,6-8-18)13(14,15)16/h9-10,20H,4-8H2,1-3H3,(H,17,19)/t9-,10?,12?/m1/s1. The van der Waals surface area contributed by atoms with Crippen LogP contribution >= 0.6 is 0 Å². The summed E-state index contributed by atoms with van der Waals surface area (Å²) in [5.41, 5.74) is -2.70. The fourth-order valence-corrected chi connectivity index (χ4v) is 2.21. The van der Waals surface area contributed by atoms with Gasteiger partial charge in [-0.05, 0) is 26.7 Å². The predicted molar refractivity (Wildman–Crippen MR) is 70.9 cm³/mol. The number of urea groups is 1. The van der Waals surface area contributed by atoms with E-state index in [4.69, 9.17) is 4.74 Å². The number of nitrogens with zero attached hydrogens (tertiary/aromatic N) is 1. The second kappa shape index (κ2) is 6.83. The van der Waals surface area contributed by atoms with Crippen molar-refractivity contribution < 1.29 is 27.8 Å². The van der Waals surface area contributed by atoms with Crippen LogP contribution < -0.4 is 5.32 Å². The molecule has 0 aromatic heterocycles. The molecule has 0 aliphatic carbocycles. The molecule has 0 saturated carbocycles. The highest BCUT2D eigenvalue weighted by molar-refractivity contribution is 5.74. The maximum Gasteiger partial charge on any atom is 0.417 e. The first-order chi connectivity index (χ1) is 9.60. The van der Waals surface area contributed by atoms with Crippen LogP contribution in [0.4, 0.5) is 18.0 Å². The zero-order chi connectivity index (χ0) is 16.3. The maximum atomic E-state index is 12.8. The third-order valence-electron chi connectivity index (χ3n) is 4.06. The van der Waals surface area contributed by atoms with Gasteiger partial charge in [-0.2, -0.15) is 13.2 Å². The highest BCUT2D eigenvalue weighted by atomic mass is 19.4. The zero-order valence-electron chi connectivity index (χ0n) is 12.5. The van der Waals surface area contributed by atoms with Crippen molar-refractivity contribution >= 4 is 6.03 Å². The molecule has 21 heavy (non-hydrogen) atoms. The molecule has 1 rings (SSSR count). The minimum Gasteiger partial charge on any atom is -0.380 e. The number of carbonyl (C=O) groups excluding carboxylic acids is 1. The topological polar surface area (TPSA) is 61.8 Å². The number of hydrogen-bond acceptors (Lipinski definition) is 3. The van der Waals surface area contributed by atoms with E-state index in [2.05, 4.69) is 5.32 Å². The van der Waals surface area contributed by atoms with E-state index in [1.165, 1.54) is 12.0 Å². The van der Waals surface area contributed by atoms with E-state index in [-0.39, 0.29) is 38.1 Å². The van der Waals surface area contributed by atoms with Crippen molar-refractivity contribution in [2.24, 2.45) is 0 Å². The van der Waals surface area contributed by atoms with Gasteiger partial charge < -0.3 is 20.1 Å². The molecule has 8 heteroatoms. The van der Waals surface area contributed by atoms with Gasteiger partial charge in [0.25, 0.3) is 0 Å². The molecule has 2 N–H and O–H groups in total. The average molecular weight is 312 g/mol. The van der Waals surface area contributed by atoms with Crippen LogP contribution in [-0.2, 0) is 4.74 Å². The lowest BCUT2D eigenvalue weighted by atomic mass is 9.94. The second-order valence-corrected chi connectivity index (χ2v) is 5.55. The van der Waals surface area contributed by atoms with Gasteiger partial charge in [-0.15, -0.1) is 0 Å². The van der Waals surface area contributed by atoms with Crippen LogP contribution in [0, 0.1) is 0 Å². The number of alkyl halides is 3. The molecule has 2 amide bonds. The van der Waals surface area contributed by atoms with Crippen LogP contribution in [0.5, 0.6) is 0 Å². The van der Waals surface area contributed by atoms with Gasteiger partial charge in [0.05, 0.1) is 12.1 Å². The molecular formula is C13H23F3N2O3. The van der Waals surface area contributed by atoms with Gasteiger partial charge in [-0.1, -0.05) is 0 Å². The highest BCUT2D eigenvalue weighted by Crippen LogP contribution is 2.38. The fourth-order valence-electron chi connectivity index (χ4n) is 2.21. The Hall–Kier alpha value is -1.02. The molecule has 1 fully saturated rings. The minimum atomic E-state index is -4.67. The molecule has 124 valence electrons. The van der Waals surface area contributed by atoms with Crippen molar-refractivity contribution in [3.63, 3.8) is 0 Å². The largest absolute Gasteiger partial charge is 0.417 e. The van der Waals surface area contributed by atoms with Crippen LogP contribution in [0.2, 0.25) is 0 Å². The number of nitrogens with one attached hydrogen (secondary N) is 1. The first kappa shape index (κ1) is 18.0. The van der Waals surface area contributed by atoms with Crippen LogP contribution in [0.15, 0.2) is 0 Å². The molecule has 0 aromatic carbocycles. The number of carbonyl (C=O) groups is 1. The third-order valence-corrected chi connectivity index (χ3v) is 4.06. The quantitative estimate of drug-likeness (QED) is 0.837. The summed E-state index contributed by atoms with van der Waals surface area (Å²) in [6, 6.07) is -0.690. The number of amides is 2. The van der Waals surface area contributed by atoms with Crippen molar-refractivity contribution in [2.75, 3.05) is 20.2 Å². The van der Waals surface area contributed by atoms with Gasteiger partial charge in [0.15, 0.2) is 5.60 Å². The lowest BCUT2D eigenvalue weighted by molar-refractivity contribution is -0.263. The minimum absolute atomic E-state index is 0.109. The Morgan fingerprint density at radius 2 is 1.95 bits per heavy atom. The van der Waals surface area contributed by atoms with Crippen molar-refractivity contribution in [3.05, 3.63) is 0 Å². The summed E-state index contributed by atoms with van der Waals surface area (Å²) in [6.07, 6.45) is -5.65. The Kier molecular flexibility index (Phi) is 5.86. The van der Waals surface area contributed by atoms with Gasteiger partial charge in [0.1, 0.15) is 0 Å². The van der Waals surface area contributed by atoms with E-state index in [0.717, 1.165) is 0 Å². The van der Waals surface area contributed by atoms with Crippen LogP contribution in [0.25, 0.3) is 0 Å². The molecular weight excluding hydrogens is 289 g/mol. The SMILES string of the molecule is COC(C)[C@@H](C)NC(=O)N1CCCC(O)(C(F)(F)F)CC1. The molecule has 0 radical (unpaired) electrons. The predicted octanol–water partition coefficient (Wildman–Crippen LogP) is 1.90. The van der Waals surface area contributed by atoms with E-state index in [0.29, 0.717) is 0 Å². The summed E-state index contributed by atoms with van der Waals surface area (Å²) >= 11 is 0. The summed E-state index contributed by atoms with van der Waals surface area (Å²) in [4.78, 5) is 13.3. The molecule has 1 heterocycles. The monoisotopic (exact) mass is 312 g/mol. The molecule has 0 bridgehead atoms. The maximum absolute atomic E-state index is 12.8. The Labute approximate surface area is 122 Å². The lowest BCUT2D eigenvalue weighted by Gasteiger charge is -2.29. The highest BCUT2D eigenvalue weighted by Gasteiger charge is 2.53. The Morgan fingerprint density at radius 3 is 2.48 bits per heavy atom. The Bertz CT molecular complexity index is 365. The molecule has 1 aliphatic rings. The summed E-state index contributed by atoms with van der Waals surface area (Å²) in [5, 5.41) is 12.4. The van der Waals surface area contributed by atoms with Crippen LogP contribution in [-0.4, -0.2) is 60.2 Å². The first-order valence-corrected chi connectivity index (χ1v) is 6.98. The molecule has 1 aliphatic heterocycles. The molecule has 2 unspecified atom stereocenters. The van der Waals surface area contributed by atoms with E-state index in [1.54, 1.807) is 13.8 Å². The average Bonchev–Trinajstić information content (AvgIpc) is 2.60. The van der Waals surface area contributed by atoms with Crippen molar-refractivity contribution in [3.8, 4) is 0 Å². The van der Waals surface area contributed by atoms with Gasteiger partial charge in [0.2, 0.25) is 0 Å². The summed E-state index contributed by atoms with van der Waals surface area (Å²) in [5.74, 6) is 0. The van der Waals surface area contributed by atoms with E-state index >= 15 is 0 Å². The first-order valence-electron chi connectivity index (χ1n) is 6.98. The summed E-state index contributed by atoms with van der Waals surface area (Å²) < 4.78 is 43.5. The number of rotatable bonds is 3. The lowest BCUT2D eigenvalue weighted by Crippen LogP contribution is -2.49. The van der Waals surface area contributed by atoms with Gasteiger partial charge in [0, 0.05) is 26.6 Å². The fraction of sp³-hybridized carbons (Fsp3) is 0.923. The van der Waals surface area contributed by atoms with E-state index in [9.17, 15) is 23.1 Å². The third kappa shape index (κ3) is 4.47. The van der Waals surface area contributed by atoms with E-state index < -0.39 is 24.2 Å². The molecule has 0 spiro atoms. The summed E-state index contributed by atoms with van der Waals surface area (Å²) in [6.45, 7) is 3.61. The Balaban J connectivity index is 2.61. The van der Waals surface area contributed by atoms with Gasteiger partial charge in [-0.25, -0.2) is 4.79 Å². The number of hydrogen-bond donors (Lipinski definition) is 2. The van der Waals surface area contributed by atoms with Crippen LogP contribution in [0.1, 0.15) is 33.1 Å². The van der Waals surface area contributed by atoms with Crippen LogP contribution in [0.3, 0.4) is 0 Å². The molecule has 3 atom stereocenters. The second-order valence-electron chi connectivity index (χ2n) is 5.55. The van der Waals surface area contributed by atoms with E-state index in [1.807, 2.05) is 0 Å².